The summed E-state index contributed by atoms with van der Waals surface area (Å²) >= 11 is 0. The Morgan fingerprint density at radius 2 is 1.71 bits per heavy atom. The van der Waals surface area contributed by atoms with E-state index in [0.717, 1.165) is 118 Å². The quantitative estimate of drug-likeness (QED) is 0.0523. The number of hydrogen-bond donors (Lipinski definition) is 6. The fourth-order valence-corrected chi connectivity index (χ4v) is 15.1. The van der Waals surface area contributed by atoms with E-state index in [1.165, 1.54) is 29.5 Å². The lowest BCUT2D eigenvalue weighted by Gasteiger charge is -2.50. The number of rotatable bonds is 14. The molecule has 8 atom stereocenters. The average molecular weight is 1020 g/mol. The number of nitrogens with zero attached hydrogens (tertiary/aromatic N) is 1. The molecule has 1 heterocycles. The van der Waals surface area contributed by atoms with Crippen molar-refractivity contribution in [1.29, 1.82) is 0 Å². The van der Waals surface area contributed by atoms with Crippen LogP contribution in [0.25, 0.3) is 0 Å². The van der Waals surface area contributed by atoms with Gasteiger partial charge in [0.1, 0.15) is 5.75 Å². The van der Waals surface area contributed by atoms with Gasteiger partial charge in [-0.3, -0.25) is 4.79 Å². The molecule has 3 aromatic rings. The number of hydrogen-bond acceptors (Lipinski definition) is 10. The maximum atomic E-state index is 14.1. The van der Waals surface area contributed by atoms with Crippen molar-refractivity contribution in [1.82, 2.24) is 5.32 Å². The first-order chi connectivity index (χ1) is 36.5. The molecule has 10 rings (SSSR count). The van der Waals surface area contributed by atoms with Crippen molar-refractivity contribution in [3.05, 3.63) is 111 Å². The minimum absolute atomic E-state index is 0.00834. The molecule has 402 valence electrons. The molecule has 75 heavy (non-hydrogen) atoms. The SMILES string of the molecule is CC[C@@H](CCO)/C(=C/C(=O)CCc1cc(OC2CCCC2)c(O)c2c1C#CC[C@H]1C[C@H]3C=C4[C@@H](C[C@H](C)C[C@@H]4[C@@H]2[C@@H]3COC2CCCCC2)c2cc(O)cc(c2)Cc2cccc(c2)C2(CCCCC2)NC(N)=N1)CO. The summed E-state index contributed by atoms with van der Waals surface area (Å²) in [5.74, 6) is 8.58. The van der Waals surface area contributed by atoms with Gasteiger partial charge in [-0.05, 0) is 184 Å². The van der Waals surface area contributed by atoms with E-state index in [1.807, 2.05) is 25.1 Å². The van der Waals surface area contributed by atoms with Crippen molar-refractivity contribution in [3.63, 3.8) is 0 Å². The Kier molecular flexibility index (Phi) is 17.1. The summed E-state index contributed by atoms with van der Waals surface area (Å²) in [5, 5.41) is 49.1. The maximum absolute atomic E-state index is 14.1. The average Bonchev–Trinajstić information content (AvgIpc) is 3.93. The van der Waals surface area contributed by atoms with Crippen LogP contribution in [-0.2, 0) is 27.9 Å². The summed E-state index contributed by atoms with van der Waals surface area (Å²) in [6.45, 7) is 4.65. The number of phenolic OH excluding ortho intramolecular Hbond substituents is 2. The highest BCUT2D eigenvalue weighted by molar-refractivity contribution is 5.90. The largest absolute Gasteiger partial charge is 0.508 e. The van der Waals surface area contributed by atoms with E-state index in [4.69, 9.17) is 20.2 Å². The topological polar surface area (TPSA) is 167 Å². The van der Waals surface area contributed by atoms with Crippen molar-refractivity contribution in [2.24, 2.45) is 40.3 Å². The molecule has 6 aliphatic carbocycles. The second-order valence-corrected chi connectivity index (χ2v) is 24.0. The summed E-state index contributed by atoms with van der Waals surface area (Å²) < 4.78 is 14.1. The predicted octanol–water partition coefficient (Wildman–Crippen LogP) is 11.9. The highest BCUT2D eigenvalue weighted by atomic mass is 16.5. The molecule has 4 fully saturated rings. The van der Waals surface area contributed by atoms with E-state index in [0.29, 0.717) is 68.3 Å². The van der Waals surface area contributed by atoms with E-state index < -0.39 is 0 Å². The second kappa shape index (κ2) is 24.1. The summed E-state index contributed by atoms with van der Waals surface area (Å²) in [6, 6.07) is 17.0. The Labute approximate surface area is 447 Å². The van der Waals surface area contributed by atoms with Gasteiger partial charge in [0.25, 0.3) is 0 Å². The van der Waals surface area contributed by atoms with Crippen LogP contribution < -0.4 is 15.8 Å². The number of aryl methyl sites for hydroxylation is 1. The van der Waals surface area contributed by atoms with Gasteiger partial charge in [0.15, 0.2) is 23.2 Å². The molecule has 1 spiro atoms. The number of carbonyl (C=O) groups is 1. The van der Waals surface area contributed by atoms with Crippen LogP contribution >= 0.6 is 0 Å². The molecule has 1 aliphatic heterocycles. The molecule has 7 aliphatic rings. The minimum atomic E-state index is -0.376. The number of aliphatic imine (C=N–C) groups is 1. The van der Waals surface area contributed by atoms with Crippen LogP contribution in [0.5, 0.6) is 17.2 Å². The second-order valence-electron chi connectivity index (χ2n) is 24.0. The zero-order valence-corrected chi connectivity index (χ0v) is 45.0. The van der Waals surface area contributed by atoms with E-state index in [-0.39, 0.29) is 96.2 Å². The molecule has 0 saturated heterocycles. The van der Waals surface area contributed by atoms with Gasteiger partial charge in [-0.2, -0.15) is 0 Å². The van der Waals surface area contributed by atoms with Gasteiger partial charge >= 0.3 is 0 Å². The molecular weight excluding hydrogens is 935 g/mol. The Hall–Kier alpha value is -5.08. The summed E-state index contributed by atoms with van der Waals surface area (Å²) in [5.41, 5.74) is 15.9. The van der Waals surface area contributed by atoms with Crippen molar-refractivity contribution < 1.29 is 34.7 Å². The first kappa shape index (κ1) is 53.3. The highest BCUT2D eigenvalue weighted by Crippen LogP contribution is 2.60. The van der Waals surface area contributed by atoms with Crippen LogP contribution in [0.2, 0.25) is 0 Å². The number of nitrogens with two attached hydrogens (primary N) is 1. The van der Waals surface area contributed by atoms with E-state index >= 15 is 0 Å². The Bertz CT molecular complexity index is 2660. The first-order valence-electron chi connectivity index (χ1n) is 29.4. The van der Waals surface area contributed by atoms with Crippen LogP contribution in [0.3, 0.4) is 0 Å². The monoisotopic (exact) mass is 1020 g/mol. The number of benzene rings is 3. The van der Waals surface area contributed by atoms with E-state index in [2.05, 4.69) is 60.5 Å². The number of nitrogens with one attached hydrogen (secondary N) is 1. The van der Waals surface area contributed by atoms with Crippen LogP contribution in [0.1, 0.15) is 199 Å². The summed E-state index contributed by atoms with van der Waals surface area (Å²) in [6.07, 6.45) is 24.6. The lowest BCUT2D eigenvalue weighted by Crippen LogP contribution is -2.50. The van der Waals surface area contributed by atoms with Gasteiger partial charge in [0.05, 0.1) is 37.0 Å². The van der Waals surface area contributed by atoms with E-state index in [9.17, 15) is 25.2 Å². The van der Waals surface area contributed by atoms with Crippen molar-refractivity contribution >= 4 is 11.7 Å². The molecule has 10 nitrogen and oxygen atoms in total. The van der Waals surface area contributed by atoms with Gasteiger partial charge in [-0.25, -0.2) is 4.99 Å². The number of ketones is 1. The molecule has 0 aromatic heterocycles. The molecule has 7 N–H and O–H groups in total. The lowest BCUT2D eigenvalue weighted by molar-refractivity contribution is -0.114. The molecule has 0 unspecified atom stereocenters. The molecule has 3 aromatic carbocycles. The first-order valence-corrected chi connectivity index (χ1v) is 29.4. The number of allylic oxidation sites excluding steroid dienone is 3. The Balaban J connectivity index is 1.18. The number of aromatic hydroxyl groups is 2. The third kappa shape index (κ3) is 12.1. The zero-order valence-electron chi connectivity index (χ0n) is 45.0. The summed E-state index contributed by atoms with van der Waals surface area (Å²) in [7, 11) is 0. The van der Waals surface area contributed by atoms with Crippen molar-refractivity contribution in [2.45, 2.75) is 197 Å². The fourth-order valence-electron chi connectivity index (χ4n) is 15.1. The highest BCUT2D eigenvalue weighted by Gasteiger charge is 2.49. The number of guanidine groups is 1. The van der Waals surface area contributed by atoms with Gasteiger partial charge in [0.2, 0.25) is 0 Å². The fraction of sp³-hybridized carbons (Fsp3) is 0.600. The lowest BCUT2D eigenvalue weighted by atomic mass is 9.55. The molecular formula is C65H85N3O7. The van der Waals surface area contributed by atoms with Gasteiger partial charge in [-0.1, -0.05) is 106 Å². The van der Waals surface area contributed by atoms with Crippen molar-refractivity contribution in [3.8, 4) is 29.1 Å². The minimum Gasteiger partial charge on any atom is -0.508 e. The van der Waals surface area contributed by atoms with Gasteiger partial charge in [-0.15, -0.1) is 0 Å². The third-order valence-corrected chi connectivity index (χ3v) is 18.8. The molecule has 0 amide bonds. The summed E-state index contributed by atoms with van der Waals surface area (Å²) in [4.78, 5) is 19.6. The molecule has 8 bridgehead atoms. The van der Waals surface area contributed by atoms with Crippen molar-refractivity contribution in [2.75, 3.05) is 19.8 Å². The molecule has 0 radical (unpaired) electrons. The number of aliphatic hydroxyl groups excluding tert-OH is 2. The standard InChI is InChI=1S/C65H85N3O7/c1-3-44(24-27-69)48(39-70)36-51(71)23-22-45-38-60(75-54-19-8-9-20-54)63(73)62-55(45)21-13-16-50-34-47-37-57-56(28-41(2)29-58(57)61(62)59(47)40-74-53-17-6-4-7-18-53)46-31-43(33-52(72)35-46)30-42-14-12-15-49(32-42)65(68-64(66)67-50)25-10-5-11-26-65/h12,14-15,31-33,35-38,41,44,47,50,53-54,56,58-59,61,69-70,72-73H,3-11,16-20,22-30,34,39-40H2,1-2H3,(H3,66,67,68)/b48-36+/t41-,44-,47-,50-,56-,58-,59+,61+/m0/s1. The van der Waals surface area contributed by atoms with Gasteiger partial charge in [0, 0.05) is 42.4 Å². The van der Waals surface area contributed by atoms with Crippen LogP contribution in [-0.4, -0.2) is 70.2 Å². The Morgan fingerprint density at radius 1 is 0.933 bits per heavy atom. The number of aliphatic hydroxyl groups is 2. The van der Waals surface area contributed by atoms with E-state index in [1.54, 1.807) is 6.08 Å². The van der Waals surface area contributed by atoms with Crippen LogP contribution in [0, 0.1) is 41.4 Å². The van der Waals surface area contributed by atoms with Gasteiger partial charge < -0.3 is 41.0 Å². The molecule has 4 saturated carbocycles. The number of carbonyl (C=O) groups excluding carboxylic acids is 1. The number of phenols is 2. The predicted molar refractivity (Wildman–Crippen MR) is 297 cm³/mol. The molecule has 10 heteroatoms. The smallest absolute Gasteiger partial charge is 0.189 e. The zero-order chi connectivity index (χ0) is 52.1. The third-order valence-electron chi connectivity index (χ3n) is 18.8. The Morgan fingerprint density at radius 3 is 2.48 bits per heavy atom. The normalized spacial score (nSPS) is 27.3. The van der Waals surface area contributed by atoms with Crippen LogP contribution in [0.4, 0.5) is 0 Å². The number of ether oxygens (including phenoxy) is 2. The maximum Gasteiger partial charge on any atom is 0.189 e. The number of fused-ring (bicyclic) bond motifs is 11. The van der Waals surface area contributed by atoms with Crippen LogP contribution in [0.15, 0.2) is 76.8 Å².